The normalized spacial score (nSPS) is 11.7. The summed E-state index contributed by atoms with van der Waals surface area (Å²) in [5.74, 6) is 0.571. The van der Waals surface area contributed by atoms with Gasteiger partial charge in [0.2, 0.25) is 5.89 Å². The molecule has 0 fully saturated rings. The number of para-hydroxylation sites is 3. The molecule has 0 N–H and O–H groups in total. The number of hydrogen-bond acceptors (Lipinski definition) is 4. The molecule has 18 radical (unpaired) electrons. The lowest BCUT2D eigenvalue weighted by atomic mass is 9.56. The zero-order valence-electron chi connectivity index (χ0n) is 37.5. The minimum Gasteiger partial charge on any atom is -0.436 e. The van der Waals surface area contributed by atoms with Gasteiger partial charge in [0.25, 0.3) is 0 Å². The molecule has 0 unspecified atom stereocenters. The van der Waals surface area contributed by atoms with Gasteiger partial charge in [0.05, 0.1) is 0 Å². The second-order valence-corrected chi connectivity index (χ2v) is 18.4. The fourth-order valence-corrected chi connectivity index (χ4v) is 11.3. The van der Waals surface area contributed by atoms with Crippen molar-refractivity contribution >= 4 is 201 Å². The van der Waals surface area contributed by atoms with Gasteiger partial charge in [0.15, 0.2) is 5.58 Å². The van der Waals surface area contributed by atoms with E-state index in [1.807, 2.05) is 59.5 Å². The third kappa shape index (κ3) is 6.80. The fraction of sp³-hybridized carbons (Fsp3) is 0. The van der Waals surface area contributed by atoms with Gasteiger partial charge in [-0.25, -0.2) is 4.98 Å². The lowest BCUT2D eigenvalue weighted by molar-refractivity contribution is 0.620. The quantitative estimate of drug-likeness (QED) is 0.190. The number of hydrogen-bond donors (Lipinski definition) is 0. The molecule has 2 aromatic heterocycles. The van der Waals surface area contributed by atoms with E-state index in [2.05, 4.69) is 109 Å². The van der Waals surface area contributed by atoms with Crippen molar-refractivity contribution in [2.24, 2.45) is 0 Å². The molecule has 13 heteroatoms. The molecule has 0 saturated carbocycles. The van der Waals surface area contributed by atoms with Crippen molar-refractivity contribution in [3.8, 4) is 44.8 Å². The van der Waals surface area contributed by atoms with Gasteiger partial charge in [-0.05, 0) is 97.9 Å². The molecular formula is C57H27B9N2OS. The summed E-state index contributed by atoms with van der Waals surface area (Å²) in [6, 6.07) is 56.2. The van der Waals surface area contributed by atoms with Crippen molar-refractivity contribution in [2.45, 2.75) is 0 Å². The first-order chi connectivity index (χ1) is 34.0. The summed E-state index contributed by atoms with van der Waals surface area (Å²) in [5.41, 5.74) is 9.68. The van der Waals surface area contributed by atoms with E-state index in [-0.39, 0.29) is 60.3 Å². The van der Waals surface area contributed by atoms with Crippen molar-refractivity contribution in [1.82, 2.24) is 4.98 Å². The molecule has 2 heterocycles. The highest BCUT2D eigenvalue weighted by Crippen LogP contribution is 2.49. The lowest BCUT2D eigenvalue weighted by Crippen LogP contribution is -2.57. The standard InChI is InChI=1S/C57H27B9N2OS/c58-46-44(47(59)51(63)52(64)50(46)62)45-48(60)53(65)55(54(66)49(45)61)68(30-11-2-1-3-12-30)31-21-18-29(19-22-31)42-36(24-26-38-43-32-13-5-4-10-28(32)20-27-41(43)70-56(38)42)35-23-25-37(34-15-7-6-14-33(34)35)57-67-39-16-8-9-17-40(39)69-57/h1-27H. The van der Waals surface area contributed by atoms with Crippen LogP contribution in [0.15, 0.2) is 168 Å². The fourth-order valence-electron chi connectivity index (χ4n) is 10.0. The number of thiophene rings is 1. The van der Waals surface area contributed by atoms with Gasteiger partial charge in [-0.1, -0.05) is 148 Å². The van der Waals surface area contributed by atoms with Crippen molar-refractivity contribution in [3.63, 3.8) is 0 Å². The Morgan fingerprint density at radius 2 is 0.943 bits per heavy atom. The second-order valence-electron chi connectivity index (χ2n) is 17.4. The predicted molar refractivity (Wildman–Crippen MR) is 307 cm³/mol. The van der Waals surface area contributed by atoms with Gasteiger partial charge in [-0.15, -0.1) is 27.7 Å². The van der Waals surface area contributed by atoms with Crippen LogP contribution in [0.2, 0.25) is 0 Å². The van der Waals surface area contributed by atoms with Crippen LogP contribution in [-0.2, 0) is 0 Å². The first-order valence-electron chi connectivity index (χ1n) is 22.5. The van der Waals surface area contributed by atoms with Crippen molar-refractivity contribution in [3.05, 3.63) is 164 Å². The third-order valence-electron chi connectivity index (χ3n) is 13.5. The number of anilines is 3. The van der Waals surface area contributed by atoms with E-state index in [0.29, 0.717) is 11.6 Å². The summed E-state index contributed by atoms with van der Waals surface area (Å²) in [6.07, 6.45) is 0. The average molecular weight is 885 g/mol. The topological polar surface area (TPSA) is 29.3 Å². The molecule has 304 valence electrons. The first kappa shape index (κ1) is 44.0. The Hall–Kier alpha value is -7.21. The van der Waals surface area contributed by atoms with E-state index in [9.17, 15) is 0 Å². The van der Waals surface area contributed by atoms with E-state index in [1.165, 1.54) is 26.2 Å². The van der Waals surface area contributed by atoms with Gasteiger partial charge in [0.1, 0.15) is 76.1 Å². The first-order valence-corrected chi connectivity index (χ1v) is 23.3. The van der Waals surface area contributed by atoms with E-state index in [1.54, 1.807) is 11.3 Å². The van der Waals surface area contributed by atoms with Gasteiger partial charge in [-0.3, -0.25) is 0 Å². The summed E-state index contributed by atoms with van der Waals surface area (Å²) in [7, 11) is 59.7. The number of oxazole rings is 1. The smallest absolute Gasteiger partial charge is 0.227 e. The summed E-state index contributed by atoms with van der Waals surface area (Å²) >= 11 is 1.79. The van der Waals surface area contributed by atoms with Crippen molar-refractivity contribution < 1.29 is 4.42 Å². The Balaban J connectivity index is 1.07. The number of benzene rings is 10. The Bertz CT molecular complexity index is 4040. The van der Waals surface area contributed by atoms with Crippen LogP contribution >= 0.6 is 11.3 Å². The van der Waals surface area contributed by atoms with Crippen molar-refractivity contribution in [2.75, 3.05) is 4.90 Å². The molecule has 12 aromatic rings. The van der Waals surface area contributed by atoms with Crippen molar-refractivity contribution in [1.29, 1.82) is 0 Å². The van der Waals surface area contributed by atoms with E-state index in [0.717, 1.165) is 65.8 Å². The number of aromatic nitrogens is 1. The van der Waals surface area contributed by atoms with Gasteiger partial charge in [-0.2, -0.15) is 0 Å². The Labute approximate surface area is 421 Å². The minimum atomic E-state index is 0.0423. The molecular weight excluding hydrogens is 858 g/mol. The van der Waals surface area contributed by atoms with Crippen LogP contribution in [0.25, 0.3) is 97.7 Å². The summed E-state index contributed by atoms with van der Waals surface area (Å²) in [5, 5.41) is 6.90. The maximum absolute atomic E-state index is 7.05. The van der Waals surface area contributed by atoms with Gasteiger partial charge in [0, 0.05) is 48.4 Å². The highest BCUT2D eigenvalue weighted by atomic mass is 32.1. The zero-order chi connectivity index (χ0) is 48.1. The second kappa shape index (κ2) is 17.0. The van der Waals surface area contributed by atoms with E-state index in [4.69, 9.17) is 80.0 Å². The number of rotatable bonds is 7. The maximum atomic E-state index is 7.05. The van der Waals surface area contributed by atoms with Crippen LogP contribution < -0.4 is 54.1 Å². The summed E-state index contributed by atoms with van der Waals surface area (Å²) in [6.45, 7) is 0. The number of nitrogens with zero attached hydrogens (tertiary/aromatic N) is 2. The molecule has 0 amide bonds. The van der Waals surface area contributed by atoms with Crippen LogP contribution in [0.3, 0.4) is 0 Å². The molecule has 0 aliphatic rings. The van der Waals surface area contributed by atoms with Crippen LogP contribution in [0.1, 0.15) is 0 Å². The molecule has 0 saturated heterocycles. The molecule has 0 bridgehead atoms. The minimum absolute atomic E-state index is 0.0423. The molecule has 10 aromatic carbocycles. The molecule has 0 aliphatic heterocycles. The summed E-state index contributed by atoms with van der Waals surface area (Å²) in [4.78, 5) is 6.83. The number of fused-ring (bicyclic) bond motifs is 7. The molecule has 0 atom stereocenters. The average Bonchev–Trinajstić information content (AvgIpc) is 4.01. The Morgan fingerprint density at radius 3 is 1.63 bits per heavy atom. The van der Waals surface area contributed by atoms with Crippen LogP contribution in [0.5, 0.6) is 0 Å². The monoisotopic (exact) mass is 886 g/mol. The van der Waals surface area contributed by atoms with Crippen LogP contribution in [0.4, 0.5) is 17.1 Å². The Morgan fingerprint density at radius 1 is 0.400 bits per heavy atom. The molecule has 70 heavy (non-hydrogen) atoms. The summed E-state index contributed by atoms with van der Waals surface area (Å²) < 4.78 is 8.70. The Kier molecular flexibility index (Phi) is 10.7. The van der Waals surface area contributed by atoms with Crippen LogP contribution in [-0.4, -0.2) is 75.6 Å². The highest BCUT2D eigenvalue weighted by Gasteiger charge is 2.25. The van der Waals surface area contributed by atoms with Gasteiger partial charge >= 0.3 is 0 Å². The molecule has 0 spiro atoms. The SMILES string of the molecule is [B]c1c([B])c([B])c(-c2c([B])c([B])c(N(c3ccccc3)c3ccc(-c4c(-c5ccc(-c6nc7ccccc7o6)c6ccccc56)ccc5c4sc4ccc6ccccc6c45)cc3)c([B])c2[B])c([B])c1[B]. The largest absolute Gasteiger partial charge is 0.436 e. The van der Waals surface area contributed by atoms with Crippen LogP contribution in [0, 0.1) is 0 Å². The zero-order valence-corrected chi connectivity index (χ0v) is 38.3. The lowest BCUT2D eigenvalue weighted by Gasteiger charge is -2.34. The molecule has 0 aliphatic carbocycles. The van der Waals surface area contributed by atoms with Gasteiger partial charge < -0.3 is 9.32 Å². The van der Waals surface area contributed by atoms with E-state index >= 15 is 0 Å². The molecule has 3 nitrogen and oxygen atoms in total. The molecule has 12 rings (SSSR count). The third-order valence-corrected chi connectivity index (χ3v) is 14.7. The van der Waals surface area contributed by atoms with E-state index < -0.39 is 0 Å². The highest BCUT2D eigenvalue weighted by molar-refractivity contribution is 7.26. The maximum Gasteiger partial charge on any atom is 0.227 e. The predicted octanol–water partition coefficient (Wildman–Crippen LogP) is 5.78.